The molecule has 0 aliphatic carbocycles. The van der Waals surface area contributed by atoms with Crippen molar-refractivity contribution in [3.05, 3.63) is 0 Å². The number of ether oxygens (including phenoxy) is 1. The van der Waals surface area contributed by atoms with Crippen LogP contribution in [-0.2, 0) is 9.53 Å². The van der Waals surface area contributed by atoms with E-state index in [9.17, 15) is 9.59 Å². The van der Waals surface area contributed by atoms with Crippen LogP contribution in [0.3, 0.4) is 0 Å². The lowest BCUT2D eigenvalue weighted by molar-refractivity contribution is -0.122. The van der Waals surface area contributed by atoms with Crippen LogP contribution in [-0.4, -0.2) is 35.5 Å². The van der Waals surface area contributed by atoms with Gasteiger partial charge in [0.05, 0.1) is 0 Å². The standard InChI is InChI=1S/C13H23NO3/c1-5-6-11(15)10-7-8-14(9-10)12(16)17-13(2,3)4/h10H,5-9H2,1-4H3/t10-/m0/s1. The SMILES string of the molecule is CCCC(=O)[C@H]1CCN(C(=O)OC(C)(C)C)C1. The summed E-state index contributed by atoms with van der Waals surface area (Å²) in [7, 11) is 0. The average Bonchev–Trinajstić information content (AvgIpc) is 2.63. The van der Waals surface area contributed by atoms with Crippen LogP contribution in [0.5, 0.6) is 0 Å². The van der Waals surface area contributed by atoms with E-state index >= 15 is 0 Å². The van der Waals surface area contributed by atoms with Crippen LogP contribution in [0.1, 0.15) is 47.0 Å². The van der Waals surface area contributed by atoms with Crippen LogP contribution in [0.25, 0.3) is 0 Å². The minimum absolute atomic E-state index is 0.0162. The third-order valence-corrected chi connectivity index (χ3v) is 2.79. The topological polar surface area (TPSA) is 46.6 Å². The van der Waals surface area contributed by atoms with Gasteiger partial charge in [0.1, 0.15) is 11.4 Å². The zero-order valence-electron chi connectivity index (χ0n) is 11.3. The summed E-state index contributed by atoms with van der Waals surface area (Å²) in [5.74, 6) is 0.293. The minimum Gasteiger partial charge on any atom is -0.444 e. The molecular weight excluding hydrogens is 218 g/mol. The molecule has 0 aromatic rings. The van der Waals surface area contributed by atoms with Crippen molar-refractivity contribution < 1.29 is 14.3 Å². The first-order valence-corrected chi connectivity index (χ1v) is 6.34. The number of hydrogen-bond acceptors (Lipinski definition) is 3. The van der Waals surface area contributed by atoms with Crippen molar-refractivity contribution >= 4 is 11.9 Å². The third-order valence-electron chi connectivity index (χ3n) is 2.79. The number of rotatable bonds is 3. The average molecular weight is 241 g/mol. The van der Waals surface area contributed by atoms with E-state index < -0.39 is 5.60 Å². The lowest BCUT2D eigenvalue weighted by Gasteiger charge is -2.24. The van der Waals surface area contributed by atoms with Crippen LogP contribution in [0.15, 0.2) is 0 Å². The largest absolute Gasteiger partial charge is 0.444 e. The molecule has 0 aromatic carbocycles. The fourth-order valence-electron chi connectivity index (χ4n) is 1.97. The van der Waals surface area contributed by atoms with Crippen molar-refractivity contribution in [2.24, 2.45) is 5.92 Å². The van der Waals surface area contributed by atoms with Gasteiger partial charge in [-0.2, -0.15) is 0 Å². The van der Waals surface area contributed by atoms with Crippen molar-refractivity contribution in [2.75, 3.05) is 13.1 Å². The summed E-state index contributed by atoms with van der Waals surface area (Å²) in [6.07, 6.45) is 1.97. The number of carbonyl (C=O) groups excluding carboxylic acids is 2. The minimum atomic E-state index is -0.470. The van der Waals surface area contributed by atoms with Crippen LogP contribution < -0.4 is 0 Å². The van der Waals surface area contributed by atoms with Gasteiger partial charge in [-0.15, -0.1) is 0 Å². The van der Waals surface area contributed by atoms with E-state index in [1.807, 2.05) is 27.7 Å². The maximum absolute atomic E-state index is 11.8. The molecule has 1 aliphatic rings. The van der Waals surface area contributed by atoms with E-state index in [4.69, 9.17) is 4.74 Å². The van der Waals surface area contributed by atoms with Crippen LogP contribution in [0, 0.1) is 5.92 Å². The molecule has 0 bridgehead atoms. The third kappa shape index (κ3) is 4.36. The van der Waals surface area contributed by atoms with Crippen LogP contribution in [0.4, 0.5) is 4.79 Å². The fourth-order valence-corrected chi connectivity index (χ4v) is 1.97. The molecule has 4 nitrogen and oxygen atoms in total. The lowest BCUT2D eigenvalue weighted by atomic mass is 10.0. The first kappa shape index (κ1) is 14.0. The Balaban J connectivity index is 2.45. The number of Topliss-reactive ketones (excluding diaryl/α,β-unsaturated/α-hetero) is 1. The summed E-state index contributed by atoms with van der Waals surface area (Å²) in [6.45, 7) is 8.70. The van der Waals surface area contributed by atoms with Gasteiger partial charge in [0.25, 0.3) is 0 Å². The van der Waals surface area contributed by atoms with Crippen molar-refractivity contribution in [1.29, 1.82) is 0 Å². The molecule has 1 saturated heterocycles. The number of likely N-dealkylation sites (tertiary alicyclic amines) is 1. The van der Waals surface area contributed by atoms with E-state index in [1.54, 1.807) is 4.90 Å². The predicted molar refractivity (Wildman–Crippen MR) is 65.8 cm³/mol. The van der Waals surface area contributed by atoms with Gasteiger partial charge in [-0.3, -0.25) is 4.79 Å². The Morgan fingerprint density at radius 3 is 2.53 bits per heavy atom. The van der Waals surface area contributed by atoms with E-state index in [0.29, 0.717) is 19.5 Å². The molecule has 1 heterocycles. The second-order valence-electron chi connectivity index (χ2n) is 5.63. The highest BCUT2D eigenvalue weighted by atomic mass is 16.6. The van der Waals surface area contributed by atoms with E-state index in [2.05, 4.69) is 0 Å². The molecule has 0 aromatic heterocycles. The molecule has 0 N–H and O–H groups in total. The van der Waals surface area contributed by atoms with Crippen molar-refractivity contribution in [1.82, 2.24) is 4.90 Å². The first-order chi connectivity index (χ1) is 7.83. The van der Waals surface area contributed by atoms with Gasteiger partial charge in [0, 0.05) is 25.4 Å². The lowest BCUT2D eigenvalue weighted by Crippen LogP contribution is -2.35. The summed E-state index contributed by atoms with van der Waals surface area (Å²) in [5.41, 5.74) is -0.470. The quantitative estimate of drug-likeness (QED) is 0.763. The molecule has 0 unspecified atom stereocenters. The number of hydrogen-bond donors (Lipinski definition) is 0. The summed E-state index contributed by atoms with van der Waals surface area (Å²) in [4.78, 5) is 25.1. The van der Waals surface area contributed by atoms with Gasteiger partial charge in [0.2, 0.25) is 0 Å². The highest BCUT2D eigenvalue weighted by molar-refractivity contribution is 5.82. The van der Waals surface area contributed by atoms with Crippen molar-refractivity contribution in [2.45, 2.75) is 52.6 Å². The van der Waals surface area contributed by atoms with E-state index in [-0.39, 0.29) is 17.8 Å². The normalized spacial score (nSPS) is 20.5. The van der Waals surface area contributed by atoms with E-state index in [0.717, 1.165) is 12.8 Å². The molecule has 1 amide bonds. The van der Waals surface area contributed by atoms with Gasteiger partial charge in [0.15, 0.2) is 0 Å². The van der Waals surface area contributed by atoms with Gasteiger partial charge < -0.3 is 9.64 Å². The molecule has 98 valence electrons. The molecule has 1 aliphatic heterocycles. The van der Waals surface area contributed by atoms with Crippen molar-refractivity contribution in [3.8, 4) is 0 Å². The molecule has 0 saturated carbocycles. The molecule has 4 heteroatoms. The zero-order valence-corrected chi connectivity index (χ0v) is 11.3. The molecule has 1 fully saturated rings. The molecule has 1 rings (SSSR count). The highest BCUT2D eigenvalue weighted by Gasteiger charge is 2.32. The number of carbonyl (C=O) groups is 2. The maximum atomic E-state index is 11.8. The summed E-state index contributed by atoms with van der Waals surface area (Å²) in [6, 6.07) is 0. The predicted octanol–water partition coefficient (Wildman–Crippen LogP) is 2.61. The van der Waals surface area contributed by atoms with Crippen molar-refractivity contribution in [3.63, 3.8) is 0 Å². The fraction of sp³-hybridized carbons (Fsp3) is 0.846. The zero-order chi connectivity index (χ0) is 13.1. The van der Waals surface area contributed by atoms with Gasteiger partial charge in [-0.1, -0.05) is 6.92 Å². The number of ketones is 1. The molecule has 0 radical (unpaired) electrons. The Hall–Kier alpha value is -1.06. The summed E-state index contributed by atoms with van der Waals surface area (Å²) in [5, 5.41) is 0. The summed E-state index contributed by atoms with van der Waals surface area (Å²) < 4.78 is 5.29. The Kier molecular flexibility index (Phi) is 4.54. The van der Waals surface area contributed by atoms with E-state index in [1.165, 1.54) is 0 Å². The second kappa shape index (κ2) is 5.52. The number of amides is 1. The highest BCUT2D eigenvalue weighted by Crippen LogP contribution is 2.21. The summed E-state index contributed by atoms with van der Waals surface area (Å²) >= 11 is 0. The van der Waals surface area contributed by atoms with Gasteiger partial charge in [-0.25, -0.2) is 4.79 Å². The Morgan fingerprint density at radius 2 is 2.00 bits per heavy atom. The number of nitrogens with zero attached hydrogens (tertiary/aromatic N) is 1. The molecule has 0 spiro atoms. The monoisotopic (exact) mass is 241 g/mol. The second-order valence-corrected chi connectivity index (χ2v) is 5.63. The Labute approximate surface area is 103 Å². The Morgan fingerprint density at radius 1 is 1.35 bits per heavy atom. The Bertz CT molecular complexity index is 294. The van der Waals surface area contributed by atoms with Crippen LogP contribution >= 0.6 is 0 Å². The van der Waals surface area contributed by atoms with Gasteiger partial charge in [-0.05, 0) is 33.6 Å². The van der Waals surface area contributed by atoms with Crippen LogP contribution in [0.2, 0.25) is 0 Å². The molecule has 1 atom stereocenters. The maximum Gasteiger partial charge on any atom is 0.410 e. The molecular formula is C13H23NO3. The first-order valence-electron chi connectivity index (χ1n) is 6.34. The smallest absolute Gasteiger partial charge is 0.410 e. The molecule has 17 heavy (non-hydrogen) atoms. The van der Waals surface area contributed by atoms with Gasteiger partial charge >= 0.3 is 6.09 Å².